The molecule has 3 aromatic rings. The highest BCUT2D eigenvalue weighted by Gasteiger charge is 2.34. The van der Waals surface area contributed by atoms with Crippen LogP contribution in [0.5, 0.6) is 0 Å². The third-order valence-corrected chi connectivity index (χ3v) is 6.13. The van der Waals surface area contributed by atoms with Crippen molar-refractivity contribution >= 4 is 11.8 Å². The van der Waals surface area contributed by atoms with E-state index in [1.165, 1.54) is 6.26 Å². The number of carbonyl (C=O) groups excluding carboxylic acids is 2. The maximum Gasteiger partial charge on any atom is 0.290 e. The van der Waals surface area contributed by atoms with Crippen molar-refractivity contribution in [2.24, 2.45) is 0 Å². The van der Waals surface area contributed by atoms with E-state index in [4.69, 9.17) is 4.42 Å². The molecule has 0 bridgehead atoms. The Balaban J connectivity index is 1.67. The minimum Gasteiger partial charge on any atom is -0.459 e. The Labute approximate surface area is 189 Å². The quantitative estimate of drug-likeness (QED) is 0.542. The summed E-state index contributed by atoms with van der Waals surface area (Å²) in [6, 6.07) is 20.7. The van der Waals surface area contributed by atoms with Crippen molar-refractivity contribution in [1.82, 2.24) is 10.2 Å². The first-order valence-corrected chi connectivity index (χ1v) is 11.4. The molecule has 4 rings (SSSR count). The topological polar surface area (TPSA) is 62.6 Å². The molecule has 1 aliphatic rings. The van der Waals surface area contributed by atoms with Crippen molar-refractivity contribution in [2.75, 3.05) is 6.54 Å². The highest BCUT2D eigenvalue weighted by Crippen LogP contribution is 2.26. The SMILES string of the molecule is Cc1ccc(C(C(=O)NC2CCCC2)N(CCc2ccccc2)C(=O)c2ccco2)cc1. The predicted octanol–water partition coefficient (Wildman–Crippen LogP) is 5.07. The van der Waals surface area contributed by atoms with E-state index in [1.807, 2.05) is 61.5 Å². The van der Waals surface area contributed by atoms with E-state index < -0.39 is 6.04 Å². The van der Waals surface area contributed by atoms with E-state index in [0.29, 0.717) is 13.0 Å². The van der Waals surface area contributed by atoms with Crippen molar-refractivity contribution in [3.05, 3.63) is 95.4 Å². The van der Waals surface area contributed by atoms with Gasteiger partial charge in [-0.05, 0) is 49.4 Å². The van der Waals surface area contributed by atoms with Crippen LogP contribution < -0.4 is 5.32 Å². The van der Waals surface area contributed by atoms with Gasteiger partial charge in [0.05, 0.1) is 6.26 Å². The fourth-order valence-electron chi connectivity index (χ4n) is 4.36. The van der Waals surface area contributed by atoms with Gasteiger partial charge in [-0.1, -0.05) is 73.0 Å². The average molecular weight is 431 g/mol. The van der Waals surface area contributed by atoms with E-state index in [0.717, 1.165) is 42.4 Å². The number of hydrogen-bond donors (Lipinski definition) is 1. The van der Waals surface area contributed by atoms with Crippen LogP contribution in [0.1, 0.15) is 59.0 Å². The van der Waals surface area contributed by atoms with Crippen molar-refractivity contribution in [3.63, 3.8) is 0 Å². The van der Waals surface area contributed by atoms with Gasteiger partial charge in [0.1, 0.15) is 6.04 Å². The van der Waals surface area contributed by atoms with Crippen molar-refractivity contribution in [1.29, 1.82) is 0 Å². The lowest BCUT2D eigenvalue weighted by atomic mass is 10.0. The summed E-state index contributed by atoms with van der Waals surface area (Å²) in [6.45, 7) is 2.42. The van der Waals surface area contributed by atoms with Gasteiger partial charge in [-0.15, -0.1) is 0 Å². The second-order valence-electron chi connectivity index (χ2n) is 8.51. The van der Waals surface area contributed by atoms with Crippen LogP contribution in [-0.2, 0) is 11.2 Å². The standard InChI is InChI=1S/C27H30N2O3/c1-20-13-15-22(16-14-20)25(26(30)28-23-10-5-6-11-23)29(27(31)24-12-7-19-32-24)18-17-21-8-3-2-4-9-21/h2-4,7-9,12-16,19,23,25H,5-6,10-11,17-18H2,1H3,(H,28,30). The van der Waals surface area contributed by atoms with Gasteiger partial charge >= 0.3 is 0 Å². The fraction of sp³-hybridized carbons (Fsp3) is 0.333. The van der Waals surface area contributed by atoms with Crippen LogP contribution in [0.15, 0.2) is 77.4 Å². The fourth-order valence-corrected chi connectivity index (χ4v) is 4.36. The molecule has 1 atom stereocenters. The molecule has 32 heavy (non-hydrogen) atoms. The van der Waals surface area contributed by atoms with Gasteiger partial charge in [-0.2, -0.15) is 0 Å². The van der Waals surface area contributed by atoms with Gasteiger partial charge < -0.3 is 14.6 Å². The molecule has 5 heteroatoms. The van der Waals surface area contributed by atoms with Gasteiger partial charge in [-0.3, -0.25) is 9.59 Å². The average Bonchev–Trinajstić information content (AvgIpc) is 3.52. The molecule has 1 aromatic heterocycles. The number of nitrogens with zero attached hydrogens (tertiary/aromatic N) is 1. The monoisotopic (exact) mass is 430 g/mol. The second-order valence-corrected chi connectivity index (χ2v) is 8.51. The van der Waals surface area contributed by atoms with Crippen molar-refractivity contribution in [3.8, 4) is 0 Å². The molecule has 1 saturated carbocycles. The third-order valence-electron chi connectivity index (χ3n) is 6.13. The summed E-state index contributed by atoms with van der Waals surface area (Å²) in [5.41, 5.74) is 3.03. The zero-order chi connectivity index (χ0) is 22.3. The molecular weight excluding hydrogens is 400 g/mol. The molecule has 1 heterocycles. The molecule has 0 aliphatic heterocycles. The minimum absolute atomic E-state index is 0.131. The molecule has 2 aromatic carbocycles. The Bertz CT molecular complexity index is 1010. The largest absolute Gasteiger partial charge is 0.459 e. The molecule has 1 unspecified atom stereocenters. The molecule has 0 saturated heterocycles. The second kappa shape index (κ2) is 10.3. The van der Waals surface area contributed by atoms with Crippen LogP contribution in [0.2, 0.25) is 0 Å². The molecule has 5 nitrogen and oxygen atoms in total. The highest BCUT2D eigenvalue weighted by molar-refractivity contribution is 5.96. The Kier molecular flexibility index (Phi) is 7.05. The van der Waals surface area contributed by atoms with E-state index in [1.54, 1.807) is 17.0 Å². The first-order chi connectivity index (χ1) is 15.6. The Morgan fingerprint density at radius 3 is 2.38 bits per heavy atom. The lowest BCUT2D eigenvalue weighted by Gasteiger charge is -2.32. The smallest absolute Gasteiger partial charge is 0.290 e. The third kappa shape index (κ3) is 5.28. The zero-order valence-electron chi connectivity index (χ0n) is 18.5. The molecule has 1 N–H and O–H groups in total. The summed E-state index contributed by atoms with van der Waals surface area (Å²) < 4.78 is 5.42. The van der Waals surface area contributed by atoms with Gasteiger partial charge in [0.25, 0.3) is 5.91 Å². The van der Waals surface area contributed by atoms with Crippen LogP contribution >= 0.6 is 0 Å². The number of hydrogen-bond acceptors (Lipinski definition) is 3. The minimum atomic E-state index is -0.725. The van der Waals surface area contributed by atoms with E-state index in [2.05, 4.69) is 5.32 Å². The highest BCUT2D eigenvalue weighted by atomic mass is 16.3. The number of amides is 2. The molecule has 0 radical (unpaired) electrons. The molecule has 2 amide bonds. The summed E-state index contributed by atoms with van der Waals surface area (Å²) >= 11 is 0. The molecule has 1 fully saturated rings. The van der Waals surface area contributed by atoms with E-state index in [9.17, 15) is 9.59 Å². The number of rotatable bonds is 8. The Hall–Kier alpha value is -3.34. The number of benzene rings is 2. The van der Waals surface area contributed by atoms with Gasteiger partial charge in [0.2, 0.25) is 5.91 Å². The lowest BCUT2D eigenvalue weighted by molar-refractivity contribution is -0.126. The molecule has 1 aliphatic carbocycles. The maximum atomic E-state index is 13.6. The number of nitrogens with one attached hydrogen (secondary N) is 1. The van der Waals surface area contributed by atoms with Gasteiger partial charge in [0.15, 0.2) is 5.76 Å². The number of aryl methyl sites for hydroxylation is 1. The summed E-state index contributed by atoms with van der Waals surface area (Å²) in [7, 11) is 0. The first kappa shape index (κ1) is 21.9. The Morgan fingerprint density at radius 2 is 1.72 bits per heavy atom. The molecular formula is C27H30N2O3. The summed E-state index contributed by atoms with van der Waals surface area (Å²) in [5, 5.41) is 3.21. The predicted molar refractivity (Wildman–Crippen MR) is 124 cm³/mol. The normalized spacial score (nSPS) is 14.8. The number of carbonyl (C=O) groups is 2. The van der Waals surface area contributed by atoms with Crippen molar-refractivity contribution in [2.45, 2.75) is 51.1 Å². The summed E-state index contributed by atoms with van der Waals surface area (Å²) in [6.07, 6.45) is 6.37. The maximum absolute atomic E-state index is 13.6. The summed E-state index contributed by atoms with van der Waals surface area (Å²) in [5.74, 6) is -0.171. The first-order valence-electron chi connectivity index (χ1n) is 11.4. The van der Waals surface area contributed by atoms with Crippen LogP contribution in [0.4, 0.5) is 0 Å². The van der Waals surface area contributed by atoms with Crippen LogP contribution in [-0.4, -0.2) is 29.3 Å². The van der Waals surface area contributed by atoms with Crippen LogP contribution in [0.25, 0.3) is 0 Å². The Morgan fingerprint density at radius 1 is 1.00 bits per heavy atom. The van der Waals surface area contributed by atoms with E-state index >= 15 is 0 Å². The van der Waals surface area contributed by atoms with Crippen molar-refractivity contribution < 1.29 is 14.0 Å². The van der Waals surface area contributed by atoms with Crippen LogP contribution in [0, 0.1) is 6.92 Å². The lowest BCUT2D eigenvalue weighted by Crippen LogP contribution is -2.46. The van der Waals surface area contributed by atoms with Gasteiger partial charge in [-0.25, -0.2) is 0 Å². The number of furan rings is 1. The van der Waals surface area contributed by atoms with E-state index in [-0.39, 0.29) is 23.6 Å². The van der Waals surface area contributed by atoms with Crippen LogP contribution in [0.3, 0.4) is 0 Å². The van der Waals surface area contributed by atoms with Gasteiger partial charge in [0, 0.05) is 12.6 Å². The summed E-state index contributed by atoms with van der Waals surface area (Å²) in [4.78, 5) is 28.7. The molecule has 0 spiro atoms. The zero-order valence-corrected chi connectivity index (χ0v) is 18.5. The molecule has 166 valence electrons.